The van der Waals surface area contributed by atoms with E-state index in [0.29, 0.717) is 36.1 Å². The van der Waals surface area contributed by atoms with Crippen molar-refractivity contribution in [3.05, 3.63) is 65.0 Å². The van der Waals surface area contributed by atoms with Gasteiger partial charge < -0.3 is 24.4 Å². The minimum atomic E-state index is -0.801. The Morgan fingerprint density at radius 3 is 2.55 bits per heavy atom. The number of rotatable bonds is 5. The first-order valence-corrected chi connectivity index (χ1v) is 10.8. The third-order valence-corrected chi connectivity index (χ3v) is 5.75. The van der Waals surface area contributed by atoms with E-state index in [1.807, 2.05) is 30.3 Å². The lowest BCUT2D eigenvalue weighted by Crippen LogP contribution is -2.36. The maximum Gasteiger partial charge on any atom is 0.267 e. The molecule has 2 aliphatic heterocycles. The number of carbonyl (C=O) groups excluding carboxylic acids is 1. The van der Waals surface area contributed by atoms with E-state index in [4.69, 9.17) is 14.2 Å². The third-order valence-electron chi connectivity index (χ3n) is 5.75. The number of benzene rings is 2. The summed E-state index contributed by atoms with van der Waals surface area (Å²) in [4.78, 5) is 27.6. The van der Waals surface area contributed by atoms with Crippen LogP contribution in [0.5, 0.6) is 11.5 Å². The summed E-state index contributed by atoms with van der Waals surface area (Å²) in [6.07, 6.45) is 0. The first-order valence-electron chi connectivity index (χ1n) is 10.8. The van der Waals surface area contributed by atoms with Crippen LogP contribution in [0.2, 0.25) is 0 Å². The van der Waals surface area contributed by atoms with E-state index in [2.05, 4.69) is 15.3 Å². The summed E-state index contributed by atoms with van der Waals surface area (Å²) in [5.74, 6) is 0.962. The molecule has 2 aliphatic rings. The second-order valence-electron chi connectivity index (χ2n) is 7.88. The molecule has 0 aliphatic carbocycles. The van der Waals surface area contributed by atoms with E-state index < -0.39 is 6.04 Å². The van der Waals surface area contributed by atoms with E-state index >= 15 is 0 Å². The Balaban J connectivity index is 1.31. The molecule has 33 heavy (non-hydrogen) atoms. The number of nitrogens with zero attached hydrogens (tertiary/aromatic N) is 3. The van der Waals surface area contributed by atoms with Gasteiger partial charge in [-0.3, -0.25) is 9.59 Å². The molecule has 1 atom stereocenters. The number of fused-ring (bicyclic) bond motifs is 1. The van der Waals surface area contributed by atoms with Crippen LogP contribution in [-0.2, 0) is 9.53 Å². The van der Waals surface area contributed by atoms with Gasteiger partial charge in [0.1, 0.15) is 6.04 Å². The first-order chi connectivity index (χ1) is 16.1. The number of anilines is 2. The minimum Gasteiger partial charge on any atom is -0.454 e. The van der Waals surface area contributed by atoms with Crippen LogP contribution in [0.3, 0.4) is 0 Å². The number of morpholine rings is 1. The van der Waals surface area contributed by atoms with Gasteiger partial charge in [0.2, 0.25) is 12.7 Å². The zero-order valence-electron chi connectivity index (χ0n) is 18.2. The molecule has 0 saturated carbocycles. The lowest BCUT2D eigenvalue weighted by molar-refractivity contribution is -0.119. The highest BCUT2D eigenvalue weighted by Crippen LogP contribution is 2.35. The van der Waals surface area contributed by atoms with Crippen molar-refractivity contribution in [1.29, 1.82) is 0 Å². The number of ether oxygens (including phenoxy) is 3. The van der Waals surface area contributed by atoms with Crippen LogP contribution in [-0.4, -0.2) is 48.8 Å². The van der Waals surface area contributed by atoms with Crippen LogP contribution in [0.25, 0.3) is 11.3 Å². The molecular weight excluding hydrogens is 424 g/mol. The van der Waals surface area contributed by atoms with Crippen LogP contribution in [0.4, 0.5) is 11.4 Å². The van der Waals surface area contributed by atoms with E-state index in [1.54, 1.807) is 25.1 Å². The maximum atomic E-state index is 12.9. The molecule has 2 aromatic carbocycles. The van der Waals surface area contributed by atoms with Crippen molar-refractivity contribution in [3.8, 4) is 22.8 Å². The Labute approximate surface area is 190 Å². The molecule has 1 unspecified atom stereocenters. The standard InChI is InChI=1S/C24H24N4O5/c1-16(24(30)25-18-3-5-19(6-4-18)27-10-12-31-13-11-27)28-23(29)9-7-20(26-28)17-2-8-21-22(14-17)33-15-32-21/h2-9,14,16H,10-13,15H2,1H3,(H,25,30). The predicted octanol–water partition coefficient (Wildman–Crippen LogP) is 2.68. The SMILES string of the molecule is CC(C(=O)Nc1ccc(N2CCOCC2)cc1)n1nc(-c2ccc3c(c2)OCO3)ccc1=O. The Hall–Kier alpha value is -3.85. The van der Waals surface area contributed by atoms with Gasteiger partial charge in [-0.2, -0.15) is 5.10 Å². The summed E-state index contributed by atoms with van der Waals surface area (Å²) in [6, 6.07) is 15.3. The van der Waals surface area contributed by atoms with E-state index in [0.717, 1.165) is 24.3 Å². The largest absolute Gasteiger partial charge is 0.454 e. The second-order valence-corrected chi connectivity index (χ2v) is 7.88. The normalized spacial score (nSPS) is 15.8. The first kappa shape index (κ1) is 21.0. The van der Waals surface area contributed by atoms with Crippen molar-refractivity contribution >= 4 is 17.3 Å². The molecule has 1 aromatic heterocycles. The second kappa shape index (κ2) is 8.95. The monoisotopic (exact) mass is 448 g/mol. The summed E-state index contributed by atoms with van der Waals surface area (Å²) >= 11 is 0. The Morgan fingerprint density at radius 1 is 1.00 bits per heavy atom. The van der Waals surface area contributed by atoms with Gasteiger partial charge in [-0.15, -0.1) is 0 Å². The summed E-state index contributed by atoms with van der Waals surface area (Å²) in [6.45, 7) is 4.94. The number of hydrogen-bond donors (Lipinski definition) is 1. The molecule has 170 valence electrons. The van der Waals surface area contributed by atoms with Crippen molar-refractivity contribution in [2.24, 2.45) is 0 Å². The molecule has 9 nitrogen and oxygen atoms in total. The number of aromatic nitrogens is 2. The summed E-state index contributed by atoms with van der Waals surface area (Å²) in [7, 11) is 0. The molecule has 9 heteroatoms. The Morgan fingerprint density at radius 2 is 1.76 bits per heavy atom. The zero-order chi connectivity index (χ0) is 22.8. The van der Waals surface area contributed by atoms with Gasteiger partial charge >= 0.3 is 0 Å². The molecule has 1 saturated heterocycles. The summed E-state index contributed by atoms with van der Waals surface area (Å²) in [5, 5.41) is 7.31. The molecule has 5 rings (SSSR count). The molecule has 0 radical (unpaired) electrons. The van der Waals surface area contributed by atoms with Crippen molar-refractivity contribution < 1.29 is 19.0 Å². The molecule has 0 spiro atoms. The average molecular weight is 448 g/mol. The smallest absolute Gasteiger partial charge is 0.267 e. The van der Waals surface area contributed by atoms with Gasteiger partial charge in [0, 0.05) is 36.1 Å². The van der Waals surface area contributed by atoms with E-state index in [1.165, 1.54) is 10.7 Å². The molecule has 3 heterocycles. The maximum absolute atomic E-state index is 12.9. The topological polar surface area (TPSA) is 94.9 Å². The van der Waals surface area contributed by atoms with Gasteiger partial charge in [-0.05, 0) is 55.5 Å². The van der Waals surface area contributed by atoms with Crippen LogP contribution >= 0.6 is 0 Å². The van der Waals surface area contributed by atoms with Crippen LogP contribution < -0.4 is 25.2 Å². The quantitative estimate of drug-likeness (QED) is 0.641. The van der Waals surface area contributed by atoms with E-state index in [-0.39, 0.29) is 18.3 Å². The number of carbonyl (C=O) groups is 1. The molecular formula is C24H24N4O5. The van der Waals surface area contributed by atoms with Gasteiger partial charge in [0.05, 0.1) is 18.9 Å². The number of amides is 1. The molecule has 1 N–H and O–H groups in total. The Kier molecular flexibility index (Phi) is 5.70. The van der Waals surface area contributed by atoms with Gasteiger partial charge in [0.15, 0.2) is 11.5 Å². The lowest BCUT2D eigenvalue weighted by Gasteiger charge is -2.29. The fourth-order valence-corrected chi connectivity index (χ4v) is 3.85. The fourth-order valence-electron chi connectivity index (χ4n) is 3.85. The van der Waals surface area contributed by atoms with Crippen LogP contribution in [0.15, 0.2) is 59.4 Å². The molecule has 1 fully saturated rings. The summed E-state index contributed by atoms with van der Waals surface area (Å²) < 4.78 is 17.3. The van der Waals surface area contributed by atoms with Gasteiger partial charge in [0.25, 0.3) is 5.56 Å². The van der Waals surface area contributed by atoms with Gasteiger partial charge in [-0.25, -0.2) is 4.68 Å². The van der Waals surface area contributed by atoms with Crippen molar-refractivity contribution in [3.63, 3.8) is 0 Å². The Bertz CT molecular complexity index is 1220. The summed E-state index contributed by atoms with van der Waals surface area (Å²) in [5.41, 5.74) is 2.70. The molecule has 0 bridgehead atoms. The van der Waals surface area contributed by atoms with Crippen molar-refractivity contribution in [2.45, 2.75) is 13.0 Å². The highest BCUT2D eigenvalue weighted by atomic mass is 16.7. The number of nitrogens with one attached hydrogen (secondary N) is 1. The third kappa shape index (κ3) is 4.40. The highest BCUT2D eigenvalue weighted by molar-refractivity contribution is 5.93. The van der Waals surface area contributed by atoms with Crippen molar-refractivity contribution in [2.75, 3.05) is 43.3 Å². The minimum absolute atomic E-state index is 0.177. The van der Waals surface area contributed by atoms with Gasteiger partial charge in [-0.1, -0.05) is 0 Å². The lowest BCUT2D eigenvalue weighted by atomic mass is 10.1. The number of hydrogen-bond acceptors (Lipinski definition) is 7. The molecule has 1 amide bonds. The highest BCUT2D eigenvalue weighted by Gasteiger charge is 2.20. The van der Waals surface area contributed by atoms with E-state index in [9.17, 15) is 9.59 Å². The molecule has 3 aromatic rings. The average Bonchev–Trinajstić information content (AvgIpc) is 3.33. The van der Waals surface area contributed by atoms with Crippen LogP contribution in [0.1, 0.15) is 13.0 Å². The van der Waals surface area contributed by atoms with Crippen LogP contribution in [0, 0.1) is 0 Å². The fraction of sp³-hybridized carbons (Fsp3) is 0.292. The zero-order valence-corrected chi connectivity index (χ0v) is 18.2. The predicted molar refractivity (Wildman–Crippen MR) is 123 cm³/mol. The van der Waals surface area contributed by atoms with Crippen molar-refractivity contribution in [1.82, 2.24) is 9.78 Å².